The Morgan fingerprint density at radius 1 is 0.952 bits per heavy atom. The highest BCUT2D eigenvalue weighted by atomic mass is 16.2. The van der Waals surface area contributed by atoms with Gasteiger partial charge in [0.15, 0.2) is 0 Å². The molecule has 4 N–H and O–H groups in total. The van der Waals surface area contributed by atoms with Gasteiger partial charge in [-0.25, -0.2) is 0 Å². The highest BCUT2D eigenvalue weighted by Gasteiger charge is 2.06. The number of nitrogens with two attached hydrogens (primary N) is 1. The van der Waals surface area contributed by atoms with E-state index in [-0.39, 0.29) is 12.5 Å². The Balaban J connectivity index is 2.00. The van der Waals surface area contributed by atoms with Crippen LogP contribution in [-0.4, -0.2) is 24.2 Å². The van der Waals surface area contributed by atoms with Crippen LogP contribution in [0.3, 0.4) is 0 Å². The molecule has 0 aromatic heterocycles. The molecule has 4 heteroatoms. The van der Waals surface area contributed by atoms with Gasteiger partial charge in [-0.2, -0.15) is 0 Å². The number of aliphatic hydroxyl groups excluding tert-OH is 1. The molecule has 0 bridgehead atoms. The van der Waals surface area contributed by atoms with Gasteiger partial charge in [0.1, 0.15) is 0 Å². The molecule has 0 saturated carbocycles. The van der Waals surface area contributed by atoms with E-state index in [0.717, 1.165) is 23.2 Å². The minimum Gasteiger partial charge on any atom is -0.396 e. The predicted molar refractivity (Wildman–Crippen MR) is 84.4 cm³/mol. The Morgan fingerprint density at radius 2 is 1.52 bits per heavy atom. The summed E-state index contributed by atoms with van der Waals surface area (Å²) in [4.78, 5) is 12.1. The predicted octanol–water partition coefficient (Wildman–Crippen LogP) is 1.97. The molecule has 0 heterocycles. The van der Waals surface area contributed by atoms with Crippen molar-refractivity contribution in [2.24, 2.45) is 5.73 Å². The first-order valence-electron chi connectivity index (χ1n) is 7.03. The molecular weight excluding hydrogens is 264 g/mol. The number of amides is 1. The molecule has 0 unspecified atom stereocenters. The van der Waals surface area contributed by atoms with Gasteiger partial charge in [0.2, 0.25) is 0 Å². The Labute approximate surface area is 124 Å². The van der Waals surface area contributed by atoms with Crippen LogP contribution in [0, 0.1) is 0 Å². The second kappa shape index (κ2) is 7.57. The van der Waals surface area contributed by atoms with Crippen molar-refractivity contribution in [1.29, 1.82) is 0 Å². The fraction of sp³-hybridized carbons (Fsp3) is 0.235. The van der Waals surface area contributed by atoms with Crippen LogP contribution in [0.2, 0.25) is 0 Å². The van der Waals surface area contributed by atoms with Crippen LogP contribution in [-0.2, 0) is 12.8 Å². The summed E-state index contributed by atoms with van der Waals surface area (Å²) < 4.78 is 0. The largest absolute Gasteiger partial charge is 0.396 e. The van der Waals surface area contributed by atoms with Crippen molar-refractivity contribution in [3.05, 3.63) is 65.2 Å². The first-order valence-corrected chi connectivity index (χ1v) is 7.03. The molecule has 0 aliphatic heterocycles. The van der Waals surface area contributed by atoms with Gasteiger partial charge >= 0.3 is 0 Å². The fourth-order valence-electron chi connectivity index (χ4n) is 2.08. The van der Waals surface area contributed by atoms with Crippen LogP contribution in [0.1, 0.15) is 21.5 Å². The number of hydrogen-bond acceptors (Lipinski definition) is 3. The number of nitrogens with one attached hydrogen (secondary N) is 1. The highest BCUT2D eigenvalue weighted by Crippen LogP contribution is 2.12. The first-order chi connectivity index (χ1) is 10.2. The summed E-state index contributed by atoms with van der Waals surface area (Å²) in [7, 11) is 0. The molecule has 0 aliphatic rings. The standard InChI is InChI=1S/C17H20N2O2/c18-11-9-13-1-5-15(6-2-13)17(21)19-16-7-3-14(4-8-16)10-12-20/h1-8,20H,9-12,18H2,(H,19,21). The second-order valence-corrected chi connectivity index (χ2v) is 4.86. The lowest BCUT2D eigenvalue weighted by molar-refractivity contribution is 0.102. The zero-order chi connectivity index (χ0) is 15.1. The first kappa shape index (κ1) is 15.2. The molecule has 0 atom stereocenters. The Bertz CT molecular complexity index is 577. The Hall–Kier alpha value is -2.17. The zero-order valence-electron chi connectivity index (χ0n) is 11.9. The molecular formula is C17H20N2O2. The van der Waals surface area contributed by atoms with Gasteiger partial charge in [-0.3, -0.25) is 4.79 Å². The van der Waals surface area contributed by atoms with Crippen LogP contribution in [0.5, 0.6) is 0 Å². The smallest absolute Gasteiger partial charge is 0.255 e. The number of carbonyl (C=O) groups is 1. The summed E-state index contributed by atoms with van der Waals surface area (Å²) in [6.07, 6.45) is 1.44. The van der Waals surface area contributed by atoms with Crippen molar-refractivity contribution in [1.82, 2.24) is 0 Å². The third kappa shape index (κ3) is 4.41. The molecule has 0 radical (unpaired) electrons. The lowest BCUT2D eigenvalue weighted by Crippen LogP contribution is -2.12. The zero-order valence-corrected chi connectivity index (χ0v) is 11.9. The molecule has 2 aromatic rings. The molecule has 0 fully saturated rings. The van der Waals surface area contributed by atoms with Crippen LogP contribution in [0.15, 0.2) is 48.5 Å². The van der Waals surface area contributed by atoms with Crippen molar-refractivity contribution in [3.63, 3.8) is 0 Å². The number of benzene rings is 2. The number of hydrogen-bond donors (Lipinski definition) is 3. The SMILES string of the molecule is NCCc1ccc(C(=O)Nc2ccc(CCO)cc2)cc1. The average Bonchev–Trinajstić information content (AvgIpc) is 2.50. The van der Waals surface area contributed by atoms with E-state index in [1.807, 2.05) is 36.4 Å². The Kier molecular flexibility index (Phi) is 5.49. The van der Waals surface area contributed by atoms with E-state index in [2.05, 4.69) is 5.32 Å². The summed E-state index contributed by atoms with van der Waals surface area (Å²) >= 11 is 0. The third-order valence-electron chi connectivity index (χ3n) is 3.26. The van der Waals surface area contributed by atoms with E-state index in [0.29, 0.717) is 18.5 Å². The van der Waals surface area contributed by atoms with Crippen molar-refractivity contribution in [2.45, 2.75) is 12.8 Å². The summed E-state index contributed by atoms with van der Waals surface area (Å²) in [6, 6.07) is 14.9. The van der Waals surface area contributed by atoms with Gasteiger partial charge in [-0.15, -0.1) is 0 Å². The third-order valence-corrected chi connectivity index (χ3v) is 3.26. The van der Waals surface area contributed by atoms with E-state index in [1.54, 1.807) is 12.1 Å². The van der Waals surface area contributed by atoms with Gasteiger partial charge in [-0.1, -0.05) is 24.3 Å². The van der Waals surface area contributed by atoms with E-state index < -0.39 is 0 Å². The maximum atomic E-state index is 12.1. The Morgan fingerprint density at radius 3 is 2.10 bits per heavy atom. The molecule has 2 aromatic carbocycles. The summed E-state index contributed by atoms with van der Waals surface area (Å²) in [5.41, 5.74) is 9.03. The number of rotatable bonds is 6. The minimum atomic E-state index is -0.135. The van der Waals surface area contributed by atoms with E-state index >= 15 is 0 Å². The molecule has 4 nitrogen and oxygen atoms in total. The maximum Gasteiger partial charge on any atom is 0.255 e. The maximum absolute atomic E-state index is 12.1. The topological polar surface area (TPSA) is 75.4 Å². The molecule has 0 saturated heterocycles. The van der Waals surface area contributed by atoms with Crippen LogP contribution in [0.4, 0.5) is 5.69 Å². The molecule has 2 rings (SSSR count). The lowest BCUT2D eigenvalue weighted by Gasteiger charge is -2.07. The summed E-state index contributed by atoms with van der Waals surface area (Å²) in [5, 5.41) is 11.7. The van der Waals surface area contributed by atoms with E-state index in [4.69, 9.17) is 10.8 Å². The quantitative estimate of drug-likeness (QED) is 0.759. The summed E-state index contributed by atoms with van der Waals surface area (Å²) in [5.74, 6) is -0.135. The minimum absolute atomic E-state index is 0.126. The molecule has 110 valence electrons. The van der Waals surface area contributed by atoms with E-state index in [1.165, 1.54) is 0 Å². The monoisotopic (exact) mass is 284 g/mol. The van der Waals surface area contributed by atoms with Gasteiger partial charge in [-0.05, 0) is 54.8 Å². The molecule has 0 spiro atoms. The van der Waals surface area contributed by atoms with Crippen molar-refractivity contribution in [2.75, 3.05) is 18.5 Å². The molecule has 21 heavy (non-hydrogen) atoms. The molecule has 1 amide bonds. The molecule has 0 aliphatic carbocycles. The van der Waals surface area contributed by atoms with Crippen molar-refractivity contribution >= 4 is 11.6 Å². The highest BCUT2D eigenvalue weighted by molar-refractivity contribution is 6.04. The average molecular weight is 284 g/mol. The second-order valence-electron chi connectivity index (χ2n) is 4.86. The lowest BCUT2D eigenvalue weighted by atomic mass is 10.1. The van der Waals surface area contributed by atoms with Gasteiger partial charge in [0.25, 0.3) is 5.91 Å². The van der Waals surface area contributed by atoms with Crippen molar-refractivity contribution < 1.29 is 9.90 Å². The number of aliphatic hydroxyl groups is 1. The van der Waals surface area contributed by atoms with Gasteiger partial charge in [0, 0.05) is 17.9 Å². The number of carbonyl (C=O) groups excluding carboxylic acids is 1. The normalized spacial score (nSPS) is 10.4. The van der Waals surface area contributed by atoms with Crippen LogP contribution in [0.25, 0.3) is 0 Å². The van der Waals surface area contributed by atoms with Gasteiger partial charge in [0.05, 0.1) is 0 Å². The van der Waals surface area contributed by atoms with Crippen LogP contribution < -0.4 is 11.1 Å². The fourth-order valence-corrected chi connectivity index (χ4v) is 2.08. The number of anilines is 1. The van der Waals surface area contributed by atoms with Crippen LogP contribution >= 0.6 is 0 Å². The van der Waals surface area contributed by atoms with Crippen molar-refractivity contribution in [3.8, 4) is 0 Å². The van der Waals surface area contributed by atoms with E-state index in [9.17, 15) is 4.79 Å². The summed E-state index contributed by atoms with van der Waals surface area (Å²) in [6.45, 7) is 0.729. The van der Waals surface area contributed by atoms with Gasteiger partial charge < -0.3 is 16.2 Å².